The van der Waals surface area contributed by atoms with E-state index in [1.807, 2.05) is 0 Å². The van der Waals surface area contributed by atoms with Crippen molar-refractivity contribution in [3.05, 3.63) is 11.6 Å². The van der Waals surface area contributed by atoms with Gasteiger partial charge in [-0.1, -0.05) is 0 Å². The van der Waals surface area contributed by atoms with Gasteiger partial charge in [-0.3, -0.25) is 0 Å². The molecule has 1 fully saturated rings. The molecule has 90 valence electrons. The maximum atomic E-state index is 11.2. The monoisotopic (exact) mass is 232 g/mol. The van der Waals surface area contributed by atoms with Crippen molar-refractivity contribution >= 4 is 5.97 Å². The van der Waals surface area contributed by atoms with E-state index in [0.29, 0.717) is 0 Å². The average molecular weight is 232 g/mol. The SMILES string of the molecule is O=C1O[C@@H](O)C=C1[C@@H]1OC[C@H](O)[C@H](O)[C@H]1O. The van der Waals surface area contributed by atoms with Crippen molar-refractivity contribution in [2.75, 3.05) is 6.61 Å². The number of hydrogen-bond donors (Lipinski definition) is 4. The standard InChI is InChI=1S/C9H12O7/c10-4-2-15-8(7(13)6(4)12)3-1-5(11)16-9(3)14/h1,4-8,10-13H,2H2/t4-,5+,6-,7+,8-/m0/s1. The van der Waals surface area contributed by atoms with Gasteiger partial charge in [0.05, 0.1) is 12.2 Å². The van der Waals surface area contributed by atoms with Gasteiger partial charge < -0.3 is 29.9 Å². The first-order valence-electron chi connectivity index (χ1n) is 4.77. The van der Waals surface area contributed by atoms with Crippen LogP contribution in [0, 0.1) is 0 Å². The summed E-state index contributed by atoms with van der Waals surface area (Å²) in [6.07, 6.45) is -5.39. The van der Waals surface area contributed by atoms with Gasteiger partial charge in [-0.05, 0) is 6.08 Å². The molecular weight excluding hydrogens is 220 g/mol. The maximum absolute atomic E-state index is 11.2. The Morgan fingerprint density at radius 3 is 2.44 bits per heavy atom. The predicted molar refractivity (Wildman–Crippen MR) is 47.9 cm³/mol. The van der Waals surface area contributed by atoms with Gasteiger partial charge >= 0.3 is 5.97 Å². The van der Waals surface area contributed by atoms with Crippen molar-refractivity contribution in [2.24, 2.45) is 0 Å². The van der Waals surface area contributed by atoms with Crippen LogP contribution in [0.4, 0.5) is 0 Å². The van der Waals surface area contributed by atoms with Crippen LogP contribution in [-0.4, -0.2) is 63.7 Å². The lowest BCUT2D eigenvalue weighted by molar-refractivity contribution is -0.180. The van der Waals surface area contributed by atoms with E-state index in [4.69, 9.17) is 9.84 Å². The van der Waals surface area contributed by atoms with E-state index in [9.17, 15) is 20.1 Å². The molecule has 2 rings (SSSR count). The van der Waals surface area contributed by atoms with Crippen molar-refractivity contribution in [1.29, 1.82) is 0 Å². The third-order valence-electron chi connectivity index (χ3n) is 2.59. The molecule has 7 heteroatoms. The highest BCUT2D eigenvalue weighted by molar-refractivity contribution is 5.92. The maximum Gasteiger partial charge on any atom is 0.339 e. The first kappa shape index (κ1) is 11.5. The molecule has 0 spiro atoms. The third-order valence-corrected chi connectivity index (χ3v) is 2.59. The lowest BCUT2D eigenvalue weighted by Crippen LogP contribution is -2.53. The number of carbonyl (C=O) groups is 1. The Morgan fingerprint density at radius 1 is 1.19 bits per heavy atom. The van der Waals surface area contributed by atoms with Crippen LogP contribution >= 0.6 is 0 Å². The van der Waals surface area contributed by atoms with Crippen molar-refractivity contribution in [2.45, 2.75) is 30.7 Å². The van der Waals surface area contributed by atoms with E-state index in [-0.39, 0.29) is 12.2 Å². The molecule has 0 radical (unpaired) electrons. The van der Waals surface area contributed by atoms with Crippen LogP contribution in [0.5, 0.6) is 0 Å². The molecule has 0 bridgehead atoms. The lowest BCUT2D eigenvalue weighted by atomic mass is 9.95. The molecule has 2 aliphatic rings. The van der Waals surface area contributed by atoms with Crippen molar-refractivity contribution in [3.63, 3.8) is 0 Å². The predicted octanol–water partition coefficient (Wildman–Crippen LogP) is -2.73. The summed E-state index contributed by atoms with van der Waals surface area (Å²) in [5.74, 6) is -0.805. The van der Waals surface area contributed by atoms with E-state index in [1.165, 1.54) is 0 Å². The summed E-state index contributed by atoms with van der Waals surface area (Å²) in [6.45, 7) is -0.205. The van der Waals surface area contributed by atoms with Crippen molar-refractivity contribution in [1.82, 2.24) is 0 Å². The van der Waals surface area contributed by atoms with Crippen LogP contribution in [0.1, 0.15) is 0 Å². The van der Waals surface area contributed by atoms with Gasteiger partial charge in [0.1, 0.15) is 24.4 Å². The van der Waals surface area contributed by atoms with Crippen molar-refractivity contribution in [3.8, 4) is 0 Å². The normalized spacial score (nSPS) is 44.1. The van der Waals surface area contributed by atoms with Crippen LogP contribution in [-0.2, 0) is 14.3 Å². The molecule has 0 aromatic carbocycles. The smallest absolute Gasteiger partial charge is 0.339 e. The van der Waals surface area contributed by atoms with Gasteiger partial charge in [-0.25, -0.2) is 4.79 Å². The Balaban J connectivity index is 2.16. The number of carbonyl (C=O) groups excluding carboxylic acids is 1. The second kappa shape index (κ2) is 4.11. The first-order chi connectivity index (χ1) is 7.50. The second-order valence-electron chi connectivity index (χ2n) is 3.72. The number of ether oxygens (including phenoxy) is 2. The fourth-order valence-corrected chi connectivity index (χ4v) is 1.72. The molecule has 2 aliphatic heterocycles. The Bertz CT molecular complexity index is 326. The summed E-state index contributed by atoms with van der Waals surface area (Å²) in [5, 5.41) is 37.3. The van der Waals surface area contributed by atoms with Crippen LogP contribution in [0.25, 0.3) is 0 Å². The summed E-state index contributed by atoms with van der Waals surface area (Å²) < 4.78 is 9.46. The number of hydrogen-bond acceptors (Lipinski definition) is 7. The van der Waals surface area contributed by atoms with Gasteiger partial charge in [-0.2, -0.15) is 0 Å². The van der Waals surface area contributed by atoms with Gasteiger partial charge in [0.25, 0.3) is 0 Å². The quantitative estimate of drug-likeness (QED) is 0.363. The average Bonchev–Trinajstić information content (AvgIpc) is 2.55. The Kier molecular flexibility index (Phi) is 2.96. The Labute approximate surface area is 90.5 Å². The minimum absolute atomic E-state index is 0.0500. The lowest BCUT2D eigenvalue weighted by Gasteiger charge is -2.34. The summed E-state index contributed by atoms with van der Waals surface area (Å²) in [6, 6.07) is 0. The number of esters is 1. The summed E-state index contributed by atoms with van der Waals surface area (Å²) in [7, 11) is 0. The van der Waals surface area contributed by atoms with Crippen molar-refractivity contribution < 1.29 is 34.7 Å². The largest absolute Gasteiger partial charge is 0.429 e. The van der Waals surface area contributed by atoms with Crippen LogP contribution in [0.15, 0.2) is 11.6 Å². The van der Waals surface area contributed by atoms with Gasteiger partial charge in [0.15, 0.2) is 0 Å². The van der Waals surface area contributed by atoms with E-state index < -0.39 is 36.7 Å². The number of aliphatic hydroxyl groups is 4. The van der Waals surface area contributed by atoms with Gasteiger partial charge in [-0.15, -0.1) is 0 Å². The van der Waals surface area contributed by atoms with Crippen LogP contribution < -0.4 is 0 Å². The molecule has 5 atom stereocenters. The summed E-state index contributed by atoms with van der Waals surface area (Å²) >= 11 is 0. The molecule has 0 aromatic heterocycles. The van der Waals surface area contributed by atoms with E-state index >= 15 is 0 Å². The molecule has 4 N–H and O–H groups in total. The van der Waals surface area contributed by atoms with Crippen LogP contribution in [0.3, 0.4) is 0 Å². The molecule has 16 heavy (non-hydrogen) atoms. The van der Waals surface area contributed by atoms with E-state index in [0.717, 1.165) is 6.08 Å². The molecule has 1 saturated heterocycles. The molecule has 0 saturated carbocycles. The molecular formula is C9H12O7. The number of rotatable bonds is 1. The Hall–Kier alpha value is -0.990. The Morgan fingerprint density at radius 2 is 1.88 bits per heavy atom. The summed E-state index contributed by atoms with van der Waals surface area (Å²) in [4.78, 5) is 11.2. The number of aliphatic hydroxyl groups excluding tert-OH is 4. The minimum Gasteiger partial charge on any atom is -0.429 e. The first-order valence-corrected chi connectivity index (χ1v) is 4.77. The van der Waals surface area contributed by atoms with E-state index in [2.05, 4.69) is 4.74 Å². The molecule has 0 unspecified atom stereocenters. The molecule has 0 amide bonds. The topological polar surface area (TPSA) is 116 Å². The molecule has 7 nitrogen and oxygen atoms in total. The fraction of sp³-hybridized carbons (Fsp3) is 0.667. The molecule has 0 aromatic rings. The number of cyclic esters (lactones) is 1. The second-order valence-corrected chi connectivity index (χ2v) is 3.72. The third kappa shape index (κ3) is 1.83. The highest BCUT2D eigenvalue weighted by Crippen LogP contribution is 2.25. The zero-order valence-electron chi connectivity index (χ0n) is 8.18. The van der Waals surface area contributed by atoms with Gasteiger partial charge in [0, 0.05) is 0 Å². The zero-order valence-corrected chi connectivity index (χ0v) is 8.18. The highest BCUT2D eigenvalue weighted by atomic mass is 16.6. The zero-order chi connectivity index (χ0) is 11.9. The molecule has 2 heterocycles. The van der Waals surface area contributed by atoms with Crippen LogP contribution in [0.2, 0.25) is 0 Å². The van der Waals surface area contributed by atoms with Gasteiger partial charge in [0.2, 0.25) is 6.29 Å². The van der Waals surface area contributed by atoms with E-state index in [1.54, 1.807) is 0 Å². The summed E-state index contributed by atoms with van der Waals surface area (Å²) in [5.41, 5.74) is -0.0500. The highest BCUT2D eigenvalue weighted by Gasteiger charge is 2.43. The molecule has 0 aliphatic carbocycles. The minimum atomic E-state index is -1.44. The fourth-order valence-electron chi connectivity index (χ4n) is 1.72.